The summed E-state index contributed by atoms with van der Waals surface area (Å²) in [6, 6.07) is 14.1. The van der Waals surface area contributed by atoms with Crippen LogP contribution in [0, 0.1) is 39.3 Å². The molecule has 6 aliphatic rings. The highest BCUT2D eigenvalue weighted by molar-refractivity contribution is 5.49. The second kappa shape index (κ2) is 12.2. The van der Waals surface area contributed by atoms with E-state index in [1.807, 2.05) is 12.5 Å². The summed E-state index contributed by atoms with van der Waals surface area (Å²) in [4.78, 5) is 0. The highest BCUT2D eigenvalue weighted by Gasteiger charge is 2.70. The fraction of sp³-hybridized carbons (Fsp3) is 0.674. The Morgan fingerprint density at radius 1 is 0.660 bits per heavy atom. The Bertz CT molecular complexity index is 1460. The van der Waals surface area contributed by atoms with E-state index in [4.69, 9.17) is 9.47 Å². The lowest BCUT2D eigenvalue weighted by Gasteiger charge is -2.74. The minimum Gasteiger partial charge on any atom is -0.388 e. The van der Waals surface area contributed by atoms with Gasteiger partial charge in [-0.25, -0.2) is 0 Å². The van der Waals surface area contributed by atoms with Crippen LogP contribution in [-0.4, -0.2) is 0 Å². The minimum absolute atomic E-state index is 0.0820. The number of hydrogen-bond acceptors (Lipinski definition) is 4. The third-order valence-electron chi connectivity index (χ3n) is 14.2. The molecular weight excluding hydrogens is 576 g/mol. The third kappa shape index (κ3) is 5.57. The Balaban J connectivity index is 1.40. The van der Waals surface area contributed by atoms with Gasteiger partial charge in [0.2, 0.25) is 0 Å². The van der Waals surface area contributed by atoms with E-state index in [9.17, 15) is 10.5 Å². The Hall–Kier alpha value is -2.98. The average Bonchev–Trinajstić information content (AvgIpc) is 3.05. The maximum atomic E-state index is 9.59. The van der Waals surface area contributed by atoms with Gasteiger partial charge < -0.3 is 9.47 Å². The summed E-state index contributed by atoms with van der Waals surface area (Å²) >= 11 is 0. The normalized spacial score (nSPS) is 32.5. The SMILES string of the molecule is CCCC12CC3(c4ccc(OC#N)c(C5CCCCC5)c4)CC(c4ccc(OC#N)c(C5CCCCC5)c4)(C1)CC(C(C)(C)C)(C2)C3. The Morgan fingerprint density at radius 2 is 1.13 bits per heavy atom. The predicted octanol–water partition coefficient (Wildman–Crippen LogP) is 11.9. The third-order valence-corrected chi connectivity index (χ3v) is 14.2. The zero-order chi connectivity index (χ0) is 32.9. The molecule has 0 N–H and O–H groups in total. The second-order valence-corrected chi connectivity index (χ2v) is 18.0. The molecule has 0 aliphatic heterocycles. The molecule has 0 radical (unpaired) electrons. The van der Waals surface area contributed by atoms with E-state index in [2.05, 4.69) is 64.1 Å². The molecule has 4 heteroatoms. The molecule has 2 atom stereocenters. The molecule has 4 bridgehead atoms. The first-order chi connectivity index (χ1) is 22.6. The molecule has 6 saturated carbocycles. The van der Waals surface area contributed by atoms with Crippen molar-refractivity contribution in [2.75, 3.05) is 0 Å². The molecule has 2 unspecified atom stereocenters. The van der Waals surface area contributed by atoms with Gasteiger partial charge in [0.15, 0.2) is 0 Å². The molecule has 0 heterocycles. The molecule has 2 aromatic carbocycles. The lowest BCUT2D eigenvalue weighted by molar-refractivity contribution is -0.185. The van der Waals surface area contributed by atoms with Crippen LogP contribution in [0.25, 0.3) is 0 Å². The Kier molecular flexibility index (Phi) is 8.43. The second-order valence-electron chi connectivity index (χ2n) is 18.0. The highest BCUT2D eigenvalue weighted by atomic mass is 16.5. The standard InChI is InChI=1S/C43H56N2O2/c1-5-20-40-23-41(33-16-18-37(46-29-44)35(21-33)31-12-8-6-9-13-31)26-42(24-40,28-43(25-40,27-41)39(2,3)4)34-17-19-38(47-30-45)36(22-34)32-14-10-7-11-15-32/h16-19,21-22,31-32H,5-15,20,23-28H2,1-4H3. The molecule has 4 nitrogen and oxygen atoms in total. The van der Waals surface area contributed by atoms with Gasteiger partial charge in [0.25, 0.3) is 12.5 Å². The average molecular weight is 633 g/mol. The zero-order valence-corrected chi connectivity index (χ0v) is 29.6. The van der Waals surface area contributed by atoms with E-state index in [1.165, 1.54) is 138 Å². The van der Waals surface area contributed by atoms with Gasteiger partial charge >= 0.3 is 0 Å². The van der Waals surface area contributed by atoms with E-state index < -0.39 is 0 Å². The molecule has 250 valence electrons. The molecule has 8 rings (SSSR count). The van der Waals surface area contributed by atoms with Crippen LogP contribution >= 0.6 is 0 Å². The van der Waals surface area contributed by atoms with E-state index in [0.29, 0.717) is 17.3 Å². The molecule has 2 aromatic rings. The topological polar surface area (TPSA) is 66.0 Å². The van der Waals surface area contributed by atoms with Crippen molar-refractivity contribution in [2.45, 2.75) is 166 Å². The van der Waals surface area contributed by atoms with Crippen LogP contribution in [0.2, 0.25) is 0 Å². The van der Waals surface area contributed by atoms with Gasteiger partial charge in [0.05, 0.1) is 0 Å². The van der Waals surface area contributed by atoms with Crippen molar-refractivity contribution in [3.63, 3.8) is 0 Å². The number of nitrogens with zero attached hydrogens (tertiary/aromatic N) is 2. The van der Waals surface area contributed by atoms with Gasteiger partial charge in [0, 0.05) is 0 Å². The highest BCUT2D eigenvalue weighted by Crippen LogP contribution is 2.78. The number of hydrogen-bond donors (Lipinski definition) is 0. The number of benzene rings is 2. The largest absolute Gasteiger partial charge is 0.388 e. The van der Waals surface area contributed by atoms with Crippen LogP contribution < -0.4 is 9.47 Å². The van der Waals surface area contributed by atoms with Crippen LogP contribution in [0.1, 0.15) is 177 Å². The van der Waals surface area contributed by atoms with Crippen molar-refractivity contribution in [2.24, 2.45) is 16.2 Å². The molecule has 47 heavy (non-hydrogen) atoms. The summed E-state index contributed by atoms with van der Waals surface area (Å²) in [5, 5.41) is 19.2. The van der Waals surface area contributed by atoms with Crippen LogP contribution in [0.3, 0.4) is 0 Å². The molecule has 0 saturated heterocycles. The number of nitriles is 2. The van der Waals surface area contributed by atoms with E-state index in [-0.39, 0.29) is 21.7 Å². The molecule has 0 spiro atoms. The van der Waals surface area contributed by atoms with Crippen LogP contribution in [0.15, 0.2) is 36.4 Å². The first-order valence-corrected chi connectivity index (χ1v) is 19.0. The lowest BCUT2D eigenvalue weighted by atomic mass is 9.30. The van der Waals surface area contributed by atoms with Gasteiger partial charge in [-0.2, -0.15) is 0 Å². The van der Waals surface area contributed by atoms with Crippen LogP contribution in [-0.2, 0) is 10.8 Å². The van der Waals surface area contributed by atoms with Crippen molar-refractivity contribution >= 4 is 0 Å². The monoisotopic (exact) mass is 632 g/mol. The van der Waals surface area contributed by atoms with Gasteiger partial charge in [-0.3, -0.25) is 0 Å². The van der Waals surface area contributed by atoms with Crippen molar-refractivity contribution in [3.8, 4) is 24.0 Å². The fourth-order valence-electron chi connectivity index (χ4n) is 12.6. The van der Waals surface area contributed by atoms with Crippen molar-refractivity contribution in [1.29, 1.82) is 10.5 Å². The first-order valence-electron chi connectivity index (χ1n) is 19.0. The Morgan fingerprint density at radius 3 is 1.53 bits per heavy atom. The van der Waals surface area contributed by atoms with Crippen molar-refractivity contribution in [3.05, 3.63) is 58.7 Å². The van der Waals surface area contributed by atoms with Gasteiger partial charge in [-0.15, -0.1) is 10.5 Å². The summed E-state index contributed by atoms with van der Waals surface area (Å²) in [6.45, 7) is 9.97. The quantitative estimate of drug-likeness (QED) is 0.272. The summed E-state index contributed by atoms with van der Waals surface area (Å²) in [5.74, 6) is 2.51. The van der Waals surface area contributed by atoms with Gasteiger partial charge in [-0.05, 0) is 144 Å². The summed E-state index contributed by atoms with van der Waals surface area (Å²) in [7, 11) is 0. The van der Waals surface area contributed by atoms with E-state index in [0.717, 1.165) is 11.5 Å². The number of rotatable bonds is 8. The molecular formula is C43H56N2O2. The summed E-state index contributed by atoms with van der Waals surface area (Å²) < 4.78 is 11.3. The zero-order valence-electron chi connectivity index (χ0n) is 29.6. The van der Waals surface area contributed by atoms with Crippen molar-refractivity contribution < 1.29 is 9.47 Å². The van der Waals surface area contributed by atoms with Crippen LogP contribution in [0.5, 0.6) is 11.5 Å². The smallest absolute Gasteiger partial charge is 0.292 e. The maximum absolute atomic E-state index is 9.59. The molecule has 6 aliphatic carbocycles. The lowest BCUT2D eigenvalue weighted by Crippen LogP contribution is -2.67. The summed E-state index contributed by atoms with van der Waals surface area (Å²) in [6.07, 6.45) is 26.5. The molecule has 6 fully saturated rings. The Labute approximate surface area is 284 Å². The first kappa shape index (κ1) is 32.6. The summed E-state index contributed by atoms with van der Waals surface area (Å²) in [5.41, 5.74) is 6.43. The predicted molar refractivity (Wildman–Crippen MR) is 187 cm³/mol. The van der Waals surface area contributed by atoms with Crippen molar-refractivity contribution in [1.82, 2.24) is 0 Å². The fourth-order valence-corrected chi connectivity index (χ4v) is 12.6. The van der Waals surface area contributed by atoms with Crippen LogP contribution in [0.4, 0.5) is 0 Å². The van der Waals surface area contributed by atoms with Gasteiger partial charge in [0.1, 0.15) is 11.5 Å². The minimum atomic E-state index is 0.0820. The molecule has 0 aromatic heterocycles. The van der Waals surface area contributed by atoms with E-state index in [1.54, 1.807) is 0 Å². The van der Waals surface area contributed by atoms with E-state index >= 15 is 0 Å². The number of ether oxygens (including phenoxy) is 2. The maximum Gasteiger partial charge on any atom is 0.292 e. The molecule has 0 amide bonds. The van der Waals surface area contributed by atoms with Gasteiger partial charge in [-0.1, -0.05) is 96.9 Å².